The van der Waals surface area contributed by atoms with Crippen LogP contribution in [0.2, 0.25) is 5.02 Å². The van der Waals surface area contributed by atoms with Gasteiger partial charge in [0.25, 0.3) is 0 Å². The van der Waals surface area contributed by atoms with Crippen LogP contribution in [0.1, 0.15) is 5.56 Å². The molecule has 0 unspecified atom stereocenters. The summed E-state index contributed by atoms with van der Waals surface area (Å²) in [6.45, 7) is 2.86. The summed E-state index contributed by atoms with van der Waals surface area (Å²) in [6, 6.07) is 14.7. The number of aryl methyl sites for hydroxylation is 1. The van der Waals surface area contributed by atoms with Crippen molar-refractivity contribution in [2.75, 3.05) is 25.5 Å². The minimum atomic E-state index is -0.166. The Bertz CT molecular complexity index is 646. The van der Waals surface area contributed by atoms with E-state index in [0.29, 0.717) is 23.9 Å². The molecule has 0 heterocycles. The minimum Gasteiger partial charge on any atom is -0.492 e. The van der Waals surface area contributed by atoms with Crippen LogP contribution in [0.5, 0.6) is 5.75 Å². The van der Waals surface area contributed by atoms with Crippen molar-refractivity contribution in [3.8, 4) is 5.75 Å². The molecule has 0 aromatic heterocycles. The van der Waals surface area contributed by atoms with Gasteiger partial charge < -0.3 is 15.0 Å². The zero-order valence-electron chi connectivity index (χ0n) is 12.7. The maximum absolute atomic E-state index is 12.1. The summed E-state index contributed by atoms with van der Waals surface area (Å²) >= 11 is 5.89. The summed E-state index contributed by atoms with van der Waals surface area (Å²) in [4.78, 5) is 13.6. The highest BCUT2D eigenvalue weighted by Gasteiger charge is 2.08. The van der Waals surface area contributed by atoms with Crippen LogP contribution in [-0.4, -0.2) is 31.1 Å². The third kappa shape index (κ3) is 4.97. The number of likely N-dealkylation sites (N-methyl/N-ethyl adjacent to an activating group) is 1. The van der Waals surface area contributed by atoms with Gasteiger partial charge in [-0.2, -0.15) is 0 Å². The summed E-state index contributed by atoms with van der Waals surface area (Å²) in [6.07, 6.45) is 0. The Morgan fingerprint density at radius 2 is 2.00 bits per heavy atom. The van der Waals surface area contributed by atoms with Crippen molar-refractivity contribution in [1.82, 2.24) is 4.90 Å². The van der Waals surface area contributed by atoms with Crippen LogP contribution in [0.3, 0.4) is 0 Å². The Kier molecular flexibility index (Phi) is 5.67. The summed E-state index contributed by atoms with van der Waals surface area (Å²) in [7, 11) is 1.73. The van der Waals surface area contributed by atoms with E-state index in [1.54, 1.807) is 24.1 Å². The molecule has 2 aromatic carbocycles. The smallest absolute Gasteiger partial charge is 0.321 e. The highest BCUT2D eigenvalue weighted by Crippen LogP contribution is 2.17. The van der Waals surface area contributed by atoms with Crippen LogP contribution >= 0.6 is 11.6 Å². The molecule has 0 fully saturated rings. The highest BCUT2D eigenvalue weighted by atomic mass is 35.5. The fraction of sp³-hybridized carbons (Fsp3) is 0.235. The number of urea groups is 1. The molecule has 22 heavy (non-hydrogen) atoms. The number of carbonyl (C=O) groups excluding carboxylic acids is 1. The number of rotatable bonds is 5. The standard InChI is InChI=1S/C17H19ClN2O2/c1-13-5-3-7-15(11-13)19-17(21)20(2)9-10-22-16-8-4-6-14(18)12-16/h3-8,11-12H,9-10H2,1-2H3,(H,19,21). The normalized spacial score (nSPS) is 10.1. The summed E-state index contributed by atoms with van der Waals surface area (Å²) in [5, 5.41) is 3.48. The Hall–Kier alpha value is -2.20. The fourth-order valence-corrected chi connectivity index (χ4v) is 2.08. The second-order valence-corrected chi connectivity index (χ2v) is 5.46. The van der Waals surface area contributed by atoms with Crippen molar-refractivity contribution in [2.45, 2.75) is 6.92 Å². The first kappa shape index (κ1) is 16.2. The van der Waals surface area contributed by atoms with Gasteiger partial charge in [0.1, 0.15) is 12.4 Å². The van der Waals surface area contributed by atoms with Crippen molar-refractivity contribution >= 4 is 23.3 Å². The molecule has 0 atom stereocenters. The highest BCUT2D eigenvalue weighted by molar-refractivity contribution is 6.30. The van der Waals surface area contributed by atoms with Crippen LogP contribution in [0.25, 0.3) is 0 Å². The average molecular weight is 319 g/mol. The van der Waals surface area contributed by atoms with E-state index in [0.717, 1.165) is 11.3 Å². The Morgan fingerprint density at radius 1 is 1.23 bits per heavy atom. The van der Waals surface area contributed by atoms with Crippen molar-refractivity contribution < 1.29 is 9.53 Å². The van der Waals surface area contributed by atoms with E-state index in [9.17, 15) is 4.79 Å². The maximum Gasteiger partial charge on any atom is 0.321 e. The molecule has 2 rings (SSSR count). The van der Waals surface area contributed by atoms with Gasteiger partial charge in [-0.3, -0.25) is 0 Å². The molecule has 0 saturated heterocycles. The van der Waals surface area contributed by atoms with Crippen LogP contribution in [0.4, 0.5) is 10.5 Å². The molecule has 0 saturated carbocycles. The second kappa shape index (κ2) is 7.71. The lowest BCUT2D eigenvalue weighted by Crippen LogP contribution is -2.34. The van der Waals surface area contributed by atoms with Gasteiger partial charge in [0.05, 0.1) is 6.54 Å². The van der Waals surface area contributed by atoms with E-state index in [-0.39, 0.29) is 6.03 Å². The van der Waals surface area contributed by atoms with Gasteiger partial charge in [0.15, 0.2) is 0 Å². The first-order valence-electron chi connectivity index (χ1n) is 7.02. The molecule has 4 nitrogen and oxygen atoms in total. The Morgan fingerprint density at radius 3 is 2.73 bits per heavy atom. The quantitative estimate of drug-likeness (QED) is 0.898. The zero-order valence-corrected chi connectivity index (χ0v) is 13.4. The molecule has 0 aliphatic heterocycles. The van der Waals surface area contributed by atoms with Crippen molar-refractivity contribution in [1.29, 1.82) is 0 Å². The van der Waals surface area contributed by atoms with Crippen molar-refractivity contribution in [3.63, 3.8) is 0 Å². The van der Waals surface area contributed by atoms with Crippen LogP contribution < -0.4 is 10.1 Å². The van der Waals surface area contributed by atoms with E-state index < -0.39 is 0 Å². The van der Waals surface area contributed by atoms with E-state index in [1.807, 2.05) is 43.3 Å². The predicted octanol–water partition coefficient (Wildman–Crippen LogP) is 4.19. The van der Waals surface area contributed by atoms with Gasteiger partial charge >= 0.3 is 6.03 Å². The largest absolute Gasteiger partial charge is 0.492 e. The zero-order chi connectivity index (χ0) is 15.9. The van der Waals surface area contributed by atoms with Crippen molar-refractivity contribution in [3.05, 3.63) is 59.1 Å². The first-order chi connectivity index (χ1) is 10.5. The number of ether oxygens (including phenoxy) is 1. The van der Waals surface area contributed by atoms with Gasteiger partial charge in [-0.05, 0) is 42.8 Å². The molecule has 2 aromatic rings. The molecule has 116 valence electrons. The molecule has 0 aliphatic rings. The van der Waals surface area contributed by atoms with E-state index in [4.69, 9.17) is 16.3 Å². The first-order valence-corrected chi connectivity index (χ1v) is 7.39. The number of hydrogen-bond donors (Lipinski definition) is 1. The number of halogens is 1. The lowest BCUT2D eigenvalue weighted by atomic mass is 10.2. The molecule has 5 heteroatoms. The number of hydrogen-bond acceptors (Lipinski definition) is 2. The van der Waals surface area contributed by atoms with Gasteiger partial charge in [-0.15, -0.1) is 0 Å². The fourth-order valence-electron chi connectivity index (χ4n) is 1.90. The van der Waals surface area contributed by atoms with Crippen LogP contribution in [0.15, 0.2) is 48.5 Å². The summed E-state index contributed by atoms with van der Waals surface area (Å²) in [5.74, 6) is 0.694. The number of nitrogens with one attached hydrogen (secondary N) is 1. The molecule has 0 aliphatic carbocycles. The molecular weight excluding hydrogens is 300 g/mol. The number of carbonyl (C=O) groups is 1. The van der Waals surface area contributed by atoms with Crippen molar-refractivity contribution in [2.24, 2.45) is 0 Å². The third-order valence-electron chi connectivity index (χ3n) is 3.11. The van der Waals surface area contributed by atoms with Crippen LogP contribution in [0, 0.1) is 6.92 Å². The summed E-state index contributed by atoms with van der Waals surface area (Å²) in [5.41, 5.74) is 1.89. The minimum absolute atomic E-state index is 0.166. The van der Waals surface area contributed by atoms with Crippen LogP contribution in [-0.2, 0) is 0 Å². The van der Waals surface area contributed by atoms with Gasteiger partial charge in [-0.25, -0.2) is 4.79 Å². The predicted molar refractivity (Wildman–Crippen MR) is 89.8 cm³/mol. The van der Waals surface area contributed by atoms with Gasteiger partial charge in [0, 0.05) is 17.8 Å². The molecule has 1 N–H and O–H groups in total. The number of anilines is 1. The summed E-state index contributed by atoms with van der Waals surface area (Å²) < 4.78 is 5.57. The topological polar surface area (TPSA) is 41.6 Å². The molecule has 0 spiro atoms. The number of amides is 2. The Labute approximate surface area is 135 Å². The van der Waals surface area contributed by atoms with E-state index >= 15 is 0 Å². The van der Waals surface area contributed by atoms with Gasteiger partial charge in [-0.1, -0.05) is 29.8 Å². The second-order valence-electron chi connectivity index (χ2n) is 5.03. The maximum atomic E-state index is 12.1. The average Bonchev–Trinajstić information content (AvgIpc) is 2.47. The lowest BCUT2D eigenvalue weighted by molar-refractivity contribution is 0.207. The lowest BCUT2D eigenvalue weighted by Gasteiger charge is -2.18. The third-order valence-corrected chi connectivity index (χ3v) is 3.34. The molecule has 0 radical (unpaired) electrons. The number of nitrogens with zero attached hydrogens (tertiary/aromatic N) is 1. The number of benzene rings is 2. The molecule has 2 amide bonds. The SMILES string of the molecule is Cc1cccc(NC(=O)N(C)CCOc2cccc(Cl)c2)c1. The molecule has 0 bridgehead atoms. The van der Waals surface area contributed by atoms with Gasteiger partial charge in [0.2, 0.25) is 0 Å². The molecular formula is C17H19ClN2O2. The van der Waals surface area contributed by atoms with E-state index in [1.165, 1.54) is 0 Å². The van der Waals surface area contributed by atoms with E-state index in [2.05, 4.69) is 5.32 Å². The Balaban J connectivity index is 1.79. The monoisotopic (exact) mass is 318 g/mol.